The van der Waals surface area contributed by atoms with E-state index in [9.17, 15) is 8.42 Å². The van der Waals surface area contributed by atoms with Crippen molar-refractivity contribution < 1.29 is 12.9 Å². The summed E-state index contributed by atoms with van der Waals surface area (Å²) >= 11 is 7.90. The molecule has 0 saturated carbocycles. The van der Waals surface area contributed by atoms with E-state index in [1.165, 1.54) is 18.4 Å². The second-order valence-electron chi connectivity index (χ2n) is 7.04. The van der Waals surface area contributed by atoms with Gasteiger partial charge in [-0.05, 0) is 37.6 Å². The molecule has 0 bridgehead atoms. The molecule has 8 nitrogen and oxygen atoms in total. The van der Waals surface area contributed by atoms with Crippen molar-refractivity contribution in [1.29, 1.82) is 5.41 Å². The van der Waals surface area contributed by atoms with Crippen molar-refractivity contribution >= 4 is 38.9 Å². The molecular formula is C18H18ClN5O3S2. The molecule has 2 aromatic heterocycles. The molecule has 1 aromatic carbocycles. The lowest BCUT2D eigenvalue weighted by atomic mass is 10.0. The molecule has 4 rings (SSSR count). The lowest BCUT2D eigenvalue weighted by Gasteiger charge is -2.39. The lowest BCUT2D eigenvalue weighted by molar-refractivity contribution is 0.424. The summed E-state index contributed by atoms with van der Waals surface area (Å²) in [5.41, 5.74) is 0.678. The fraction of sp³-hybridized carbons (Fsp3) is 0.278. The minimum atomic E-state index is -3.61. The van der Waals surface area contributed by atoms with Crippen LogP contribution in [-0.4, -0.2) is 41.6 Å². The molecule has 0 spiro atoms. The largest absolute Gasteiger partial charge is 0.344 e. The normalized spacial score (nSPS) is 21.2. The van der Waals surface area contributed by atoms with Crippen molar-refractivity contribution in [2.75, 3.05) is 12.8 Å². The highest BCUT2D eigenvalue weighted by atomic mass is 35.5. The summed E-state index contributed by atoms with van der Waals surface area (Å²) in [7, 11) is -2.25. The van der Waals surface area contributed by atoms with Crippen LogP contribution in [0.5, 0.6) is 0 Å². The Morgan fingerprint density at radius 3 is 2.72 bits per heavy atom. The number of benzene rings is 1. The molecule has 0 radical (unpaired) electrons. The van der Waals surface area contributed by atoms with Crippen LogP contribution in [0.2, 0.25) is 5.02 Å². The molecule has 1 fully saturated rings. The van der Waals surface area contributed by atoms with E-state index in [4.69, 9.17) is 21.5 Å². The fourth-order valence-electron chi connectivity index (χ4n) is 3.21. The Kier molecular flexibility index (Phi) is 4.67. The summed E-state index contributed by atoms with van der Waals surface area (Å²) in [4.78, 5) is 5.78. The van der Waals surface area contributed by atoms with Gasteiger partial charge in [-0.3, -0.25) is 5.41 Å². The molecule has 0 amide bonds. The number of rotatable bonds is 3. The molecule has 29 heavy (non-hydrogen) atoms. The van der Waals surface area contributed by atoms with E-state index in [2.05, 4.69) is 15.5 Å². The third kappa shape index (κ3) is 3.52. The monoisotopic (exact) mass is 451 g/mol. The highest BCUT2D eigenvalue weighted by Crippen LogP contribution is 2.42. The molecule has 152 valence electrons. The Labute approximate surface area is 177 Å². The lowest BCUT2D eigenvalue weighted by Crippen LogP contribution is -2.60. The Hall–Kier alpha value is -2.43. The Bertz CT molecular complexity index is 1220. The zero-order valence-electron chi connectivity index (χ0n) is 15.9. The smallest absolute Gasteiger partial charge is 0.257 e. The van der Waals surface area contributed by atoms with E-state index >= 15 is 0 Å². The van der Waals surface area contributed by atoms with Crippen molar-refractivity contribution in [3.8, 4) is 21.9 Å². The maximum absolute atomic E-state index is 12.5. The quantitative estimate of drug-likeness (QED) is 0.630. The van der Waals surface area contributed by atoms with Crippen LogP contribution < -0.4 is 5.32 Å². The number of aryl methyl sites for hydroxylation is 1. The van der Waals surface area contributed by atoms with Gasteiger partial charge in [0.2, 0.25) is 16.0 Å². The van der Waals surface area contributed by atoms with Gasteiger partial charge in [-0.1, -0.05) is 28.9 Å². The minimum Gasteiger partial charge on any atom is -0.344 e. The van der Waals surface area contributed by atoms with Crippen LogP contribution in [0, 0.1) is 12.3 Å². The molecule has 1 atom stereocenters. The number of hydrogen-bond donors (Lipinski definition) is 2. The van der Waals surface area contributed by atoms with Crippen LogP contribution in [0.25, 0.3) is 21.9 Å². The maximum atomic E-state index is 12.5. The summed E-state index contributed by atoms with van der Waals surface area (Å²) in [5.74, 6) is 0.603. The molecular weight excluding hydrogens is 434 g/mol. The van der Waals surface area contributed by atoms with Gasteiger partial charge >= 0.3 is 0 Å². The average Bonchev–Trinajstić information content (AvgIpc) is 3.26. The van der Waals surface area contributed by atoms with E-state index in [0.29, 0.717) is 21.6 Å². The summed E-state index contributed by atoms with van der Waals surface area (Å²) < 4.78 is 31.1. The minimum absolute atomic E-state index is 0.182. The summed E-state index contributed by atoms with van der Waals surface area (Å²) in [6.45, 7) is 3.49. The molecule has 1 aliphatic heterocycles. The third-order valence-electron chi connectivity index (χ3n) is 4.71. The number of hydrogen-bond acceptors (Lipinski definition) is 7. The van der Waals surface area contributed by atoms with E-state index in [1.54, 1.807) is 19.9 Å². The van der Waals surface area contributed by atoms with Gasteiger partial charge in [-0.2, -0.15) is 4.98 Å². The first-order valence-electron chi connectivity index (χ1n) is 8.63. The van der Waals surface area contributed by atoms with E-state index in [1.807, 2.05) is 24.3 Å². The molecule has 2 N–H and O–H groups in total. The van der Waals surface area contributed by atoms with Gasteiger partial charge < -0.3 is 9.84 Å². The molecule has 11 heteroatoms. The van der Waals surface area contributed by atoms with Gasteiger partial charge in [0.15, 0.2) is 5.82 Å². The first-order valence-corrected chi connectivity index (χ1v) is 11.4. The van der Waals surface area contributed by atoms with Gasteiger partial charge in [0, 0.05) is 17.5 Å². The predicted molar refractivity (Wildman–Crippen MR) is 113 cm³/mol. The number of nitrogens with one attached hydrogen (secondary N) is 2. The van der Waals surface area contributed by atoms with Crippen molar-refractivity contribution in [3.05, 3.63) is 46.1 Å². The highest BCUT2D eigenvalue weighted by Gasteiger charge is 2.44. The Morgan fingerprint density at radius 2 is 2.07 bits per heavy atom. The van der Waals surface area contributed by atoms with Crippen LogP contribution >= 0.6 is 22.9 Å². The second kappa shape index (κ2) is 6.82. The number of guanidine groups is 1. The molecule has 3 aromatic rings. The van der Waals surface area contributed by atoms with Gasteiger partial charge in [0.05, 0.1) is 21.2 Å². The molecule has 0 aliphatic carbocycles. The Morgan fingerprint density at radius 1 is 1.34 bits per heavy atom. The van der Waals surface area contributed by atoms with E-state index in [0.717, 1.165) is 20.3 Å². The van der Waals surface area contributed by atoms with E-state index < -0.39 is 15.6 Å². The predicted octanol–water partition coefficient (Wildman–Crippen LogP) is 3.44. The average molecular weight is 452 g/mol. The fourth-order valence-corrected chi connectivity index (χ4v) is 6.41. The van der Waals surface area contributed by atoms with Gasteiger partial charge in [-0.15, -0.1) is 11.3 Å². The van der Waals surface area contributed by atoms with Crippen LogP contribution in [0.15, 0.2) is 34.9 Å². The Balaban J connectivity index is 1.73. The van der Waals surface area contributed by atoms with Crippen molar-refractivity contribution in [1.82, 2.24) is 19.8 Å². The number of nitrogens with zero attached hydrogens (tertiary/aromatic N) is 3. The van der Waals surface area contributed by atoms with Gasteiger partial charge in [0.25, 0.3) is 5.89 Å². The number of halogens is 1. The number of sulfonamides is 1. The molecule has 1 aliphatic rings. The van der Waals surface area contributed by atoms with Crippen molar-refractivity contribution in [3.63, 3.8) is 0 Å². The summed E-state index contributed by atoms with van der Waals surface area (Å²) in [6, 6.07) is 9.42. The zero-order valence-corrected chi connectivity index (χ0v) is 18.2. The zero-order chi connectivity index (χ0) is 21.0. The first kappa shape index (κ1) is 19.9. The first-order chi connectivity index (χ1) is 13.6. The van der Waals surface area contributed by atoms with Gasteiger partial charge in [-0.25, -0.2) is 12.7 Å². The number of aromatic nitrogens is 2. The standard InChI is InChI=1S/C18H18ClN5O3S2/c1-10-21-16(27-23-10)12-6-4-5-11(7-12)14-8-13(19)15(28-14)18(2)9-29(25,26)24(3)17(20)22-18/h4-8H,9H2,1-3H3,(H2,20,22)/t18-/m0/s1. The van der Waals surface area contributed by atoms with E-state index in [-0.39, 0.29) is 11.7 Å². The van der Waals surface area contributed by atoms with Crippen molar-refractivity contribution in [2.45, 2.75) is 19.4 Å². The summed E-state index contributed by atoms with van der Waals surface area (Å²) in [5, 5.41) is 15.2. The van der Waals surface area contributed by atoms with Crippen LogP contribution in [0.3, 0.4) is 0 Å². The SMILES string of the molecule is Cc1noc(-c2cccc(-c3cc(Cl)c([C@]4(C)CS(=O)(=O)N(C)C(=N)N4)s3)c2)n1. The molecule has 3 heterocycles. The topological polar surface area (TPSA) is 112 Å². The maximum Gasteiger partial charge on any atom is 0.257 e. The van der Waals surface area contributed by atoms with Crippen molar-refractivity contribution in [2.24, 2.45) is 0 Å². The van der Waals surface area contributed by atoms with Crippen LogP contribution in [0.1, 0.15) is 17.6 Å². The number of thiophene rings is 1. The van der Waals surface area contributed by atoms with Crippen LogP contribution in [-0.2, 0) is 15.6 Å². The van der Waals surface area contributed by atoms with Gasteiger partial charge in [0.1, 0.15) is 0 Å². The third-order valence-corrected chi connectivity index (χ3v) is 8.52. The highest BCUT2D eigenvalue weighted by molar-refractivity contribution is 7.89. The second-order valence-corrected chi connectivity index (χ2v) is 10.5. The van der Waals surface area contributed by atoms with Crippen LogP contribution in [0.4, 0.5) is 0 Å². The summed E-state index contributed by atoms with van der Waals surface area (Å²) in [6.07, 6.45) is 0. The molecule has 0 unspecified atom stereocenters. The molecule has 1 saturated heterocycles.